The van der Waals surface area contributed by atoms with Gasteiger partial charge in [0.25, 0.3) is 0 Å². The third kappa shape index (κ3) is 3.27. The maximum Gasteiger partial charge on any atom is 0.0834 e. The van der Waals surface area contributed by atoms with Crippen LogP contribution in [0.3, 0.4) is 0 Å². The van der Waals surface area contributed by atoms with E-state index in [-0.39, 0.29) is 6.04 Å². The van der Waals surface area contributed by atoms with E-state index in [1.807, 2.05) is 7.05 Å². The minimum absolute atomic E-state index is 0.0129. The van der Waals surface area contributed by atoms with Gasteiger partial charge in [0.05, 0.1) is 23.0 Å². The Morgan fingerprint density at radius 3 is 2.79 bits per heavy atom. The van der Waals surface area contributed by atoms with Gasteiger partial charge in [0, 0.05) is 32.7 Å². The van der Waals surface area contributed by atoms with Crippen LogP contribution < -0.4 is 11.3 Å². The van der Waals surface area contributed by atoms with Gasteiger partial charge in [-0.15, -0.1) is 0 Å². The van der Waals surface area contributed by atoms with E-state index >= 15 is 0 Å². The maximum absolute atomic E-state index is 6.20. The highest BCUT2D eigenvalue weighted by atomic mass is 35.5. The number of hydrogen-bond acceptors (Lipinski definition) is 5. The molecule has 7 heteroatoms. The van der Waals surface area contributed by atoms with Gasteiger partial charge in [0.1, 0.15) is 0 Å². The van der Waals surface area contributed by atoms with Crippen LogP contribution in [0.4, 0.5) is 0 Å². The number of piperazine rings is 1. The van der Waals surface area contributed by atoms with Gasteiger partial charge >= 0.3 is 0 Å². The van der Waals surface area contributed by atoms with E-state index < -0.39 is 0 Å². The molecule has 1 aromatic heterocycles. The molecule has 1 aliphatic rings. The first-order valence-electron chi connectivity index (χ1n) is 6.55. The molecule has 1 fully saturated rings. The number of hydrogen-bond donors (Lipinski definition) is 2. The summed E-state index contributed by atoms with van der Waals surface area (Å²) in [7, 11) is 6.21. The second-order valence-electron chi connectivity index (χ2n) is 5.35. The molecule has 0 aliphatic carbocycles. The van der Waals surface area contributed by atoms with Crippen LogP contribution in [-0.2, 0) is 7.05 Å². The SMILES string of the molecule is CN1CCN(C)C(CC(NN)c2c(Cl)cnn2C)C1. The zero-order valence-electron chi connectivity index (χ0n) is 11.8. The first kappa shape index (κ1) is 14.7. The highest BCUT2D eigenvalue weighted by Gasteiger charge is 2.27. The normalized spacial score (nSPS) is 23.7. The van der Waals surface area contributed by atoms with E-state index in [0.717, 1.165) is 31.7 Å². The van der Waals surface area contributed by atoms with Crippen molar-refractivity contribution < 1.29 is 0 Å². The molecule has 0 aromatic carbocycles. The van der Waals surface area contributed by atoms with Crippen LogP contribution in [0.2, 0.25) is 5.02 Å². The standard InChI is InChI=1S/C12H23ClN6/c1-17-4-5-18(2)9(8-17)6-11(16-14)12-10(13)7-15-19(12)3/h7,9,11,16H,4-6,8,14H2,1-3H3. The number of aromatic nitrogens is 2. The van der Waals surface area contributed by atoms with Crippen LogP contribution in [-0.4, -0.2) is 59.4 Å². The monoisotopic (exact) mass is 286 g/mol. The van der Waals surface area contributed by atoms with Crippen LogP contribution >= 0.6 is 11.6 Å². The Bertz CT molecular complexity index is 401. The molecule has 0 amide bonds. The van der Waals surface area contributed by atoms with E-state index in [0.29, 0.717) is 11.1 Å². The number of likely N-dealkylation sites (N-methyl/N-ethyl adjacent to an activating group) is 2. The van der Waals surface area contributed by atoms with Gasteiger partial charge in [-0.25, -0.2) is 0 Å². The van der Waals surface area contributed by atoms with Crippen LogP contribution in [0.5, 0.6) is 0 Å². The van der Waals surface area contributed by atoms with E-state index in [9.17, 15) is 0 Å². The lowest BCUT2D eigenvalue weighted by Crippen LogP contribution is -2.51. The molecule has 2 atom stereocenters. The van der Waals surface area contributed by atoms with Crippen molar-refractivity contribution in [1.29, 1.82) is 0 Å². The van der Waals surface area contributed by atoms with Gasteiger partial charge in [-0.2, -0.15) is 5.10 Å². The number of rotatable bonds is 4. The van der Waals surface area contributed by atoms with E-state index in [1.165, 1.54) is 0 Å². The topological polar surface area (TPSA) is 62.4 Å². The summed E-state index contributed by atoms with van der Waals surface area (Å²) in [5, 5.41) is 4.84. The molecule has 0 bridgehead atoms. The van der Waals surface area contributed by atoms with Crippen molar-refractivity contribution in [2.24, 2.45) is 12.9 Å². The molecule has 0 spiro atoms. The summed E-state index contributed by atoms with van der Waals surface area (Å²) in [6.45, 7) is 3.24. The van der Waals surface area contributed by atoms with Gasteiger partial charge < -0.3 is 9.80 Å². The molecule has 0 saturated carbocycles. The highest BCUT2D eigenvalue weighted by Crippen LogP contribution is 2.26. The molecular weight excluding hydrogens is 264 g/mol. The smallest absolute Gasteiger partial charge is 0.0834 e. The Hall–Kier alpha value is -0.660. The van der Waals surface area contributed by atoms with Gasteiger partial charge in [0.2, 0.25) is 0 Å². The molecule has 108 valence electrons. The number of aryl methyl sites for hydroxylation is 1. The summed E-state index contributed by atoms with van der Waals surface area (Å²) in [5.74, 6) is 5.72. The minimum atomic E-state index is 0.0129. The fourth-order valence-electron chi connectivity index (χ4n) is 2.70. The number of halogens is 1. The summed E-state index contributed by atoms with van der Waals surface area (Å²) in [4.78, 5) is 4.73. The predicted molar refractivity (Wildman–Crippen MR) is 76.8 cm³/mol. The lowest BCUT2D eigenvalue weighted by molar-refractivity contribution is 0.100. The summed E-state index contributed by atoms with van der Waals surface area (Å²) in [5.41, 5.74) is 3.83. The Labute approximate surface area is 119 Å². The largest absolute Gasteiger partial charge is 0.304 e. The second kappa shape index (κ2) is 6.19. The van der Waals surface area contributed by atoms with E-state index in [2.05, 4.69) is 34.4 Å². The molecule has 2 heterocycles. The average Bonchev–Trinajstić information content (AvgIpc) is 2.71. The Balaban J connectivity index is 2.10. The average molecular weight is 287 g/mol. The first-order chi connectivity index (χ1) is 9.02. The Morgan fingerprint density at radius 1 is 1.47 bits per heavy atom. The fourth-order valence-corrected chi connectivity index (χ4v) is 3.00. The van der Waals surface area contributed by atoms with Crippen molar-refractivity contribution in [2.75, 3.05) is 33.7 Å². The van der Waals surface area contributed by atoms with E-state index in [1.54, 1.807) is 10.9 Å². The van der Waals surface area contributed by atoms with Crippen molar-refractivity contribution in [1.82, 2.24) is 25.0 Å². The summed E-state index contributed by atoms with van der Waals surface area (Å²) < 4.78 is 1.79. The molecular formula is C12H23ClN6. The molecule has 0 radical (unpaired) electrons. The molecule has 1 aliphatic heterocycles. The van der Waals surface area contributed by atoms with Crippen LogP contribution in [0.25, 0.3) is 0 Å². The van der Waals surface area contributed by atoms with Gasteiger partial charge in [0.15, 0.2) is 0 Å². The molecule has 2 rings (SSSR count). The number of hydrazine groups is 1. The third-order valence-corrected chi connectivity index (χ3v) is 4.25. The van der Waals surface area contributed by atoms with Crippen LogP contribution in [0.1, 0.15) is 18.2 Å². The van der Waals surface area contributed by atoms with Crippen LogP contribution in [0, 0.1) is 0 Å². The minimum Gasteiger partial charge on any atom is -0.304 e. The molecule has 1 aromatic rings. The summed E-state index contributed by atoms with van der Waals surface area (Å²) in [6.07, 6.45) is 2.58. The van der Waals surface area contributed by atoms with Crippen LogP contribution in [0.15, 0.2) is 6.20 Å². The summed E-state index contributed by atoms with van der Waals surface area (Å²) in [6, 6.07) is 0.477. The van der Waals surface area contributed by atoms with Crippen molar-refractivity contribution in [3.05, 3.63) is 16.9 Å². The molecule has 3 N–H and O–H groups in total. The predicted octanol–water partition coefficient (Wildman–Crippen LogP) is 0.214. The highest BCUT2D eigenvalue weighted by molar-refractivity contribution is 6.31. The maximum atomic E-state index is 6.20. The quantitative estimate of drug-likeness (QED) is 0.612. The van der Waals surface area contributed by atoms with Crippen molar-refractivity contribution in [3.8, 4) is 0 Å². The lowest BCUT2D eigenvalue weighted by Gasteiger charge is -2.39. The number of nitrogens with zero attached hydrogens (tertiary/aromatic N) is 4. The second-order valence-corrected chi connectivity index (χ2v) is 5.76. The Kier molecular flexibility index (Phi) is 4.81. The van der Waals surface area contributed by atoms with E-state index in [4.69, 9.17) is 17.4 Å². The summed E-state index contributed by atoms with van der Waals surface area (Å²) >= 11 is 6.20. The fraction of sp³-hybridized carbons (Fsp3) is 0.750. The van der Waals surface area contributed by atoms with Crippen molar-refractivity contribution in [3.63, 3.8) is 0 Å². The third-order valence-electron chi connectivity index (χ3n) is 3.96. The molecule has 19 heavy (non-hydrogen) atoms. The lowest BCUT2D eigenvalue weighted by atomic mass is 10.0. The van der Waals surface area contributed by atoms with Gasteiger partial charge in [-0.3, -0.25) is 16.0 Å². The first-order valence-corrected chi connectivity index (χ1v) is 6.93. The van der Waals surface area contributed by atoms with Gasteiger partial charge in [-0.1, -0.05) is 11.6 Å². The molecule has 6 nitrogen and oxygen atoms in total. The van der Waals surface area contributed by atoms with Crippen molar-refractivity contribution >= 4 is 11.6 Å². The number of nitrogens with two attached hydrogens (primary N) is 1. The molecule has 2 unspecified atom stereocenters. The number of nitrogens with one attached hydrogen (secondary N) is 1. The van der Waals surface area contributed by atoms with Crippen molar-refractivity contribution in [2.45, 2.75) is 18.5 Å². The Morgan fingerprint density at radius 2 is 2.21 bits per heavy atom. The zero-order valence-corrected chi connectivity index (χ0v) is 12.6. The zero-order chi connectivity index (χ0) is 14.0. The van der Waals surface area contributed by atoms with Gasteiger partial charge in [-0.05, 0) is 20.5 Å². The molecule has 1 saturated heterocycles.